The molecule has 0 atom stereocenters. The summed E-state index contributed by atoms with van der Waals surface area (Å²) in [7, 11) is 1.52. The van der Waals surface area contributed by atoms with Gasteiger partial charge in [0.25, 0.3) is 0 Å². The maximum Gasteiger partial charge on any atom is 0.316 e. The summed E-state index contributed by atoms with van der Waals surface area (Å²) in [6.07, 6.45) is 0.512. The number of amides is 2. The first kappa shape index (κ1) is 11.0. The van der Waals surface area contributed by atoms with E-state index in [2.05, 4.69) is 5.32 Å². The molecule has 0 aliphatic heterocycles. The van der Waals surface area contributed by atoms with Gasteiger partial charge in [0.1, 0.15) is 17.0 Å². The first-order valence-corrected chi connectivity index (χ1v) is 4.78. The fourth-order valence-electron chi connectivity index (χ4n) is 1.56. The molecule has 0 bridgehead atoms. The lowest BCUT2D eigenvalue weighted by Gasteiger charge is -2.00. The minimum atomic E-state index is -0.758. The van der Waals surface area contributed by atoms with Crippen molar-refractivity contribution in [2.75, 3.05) is 12.4 Å². The maximum atomic E-state index is 10.8. The van der Waals surface area contributed by atoms with E-state index in [4.69, 9.17) is 14.9 Å². The Morgan fingerprint density at radius 3 is 2.88 bits per heavy atom. The van der Waals surface area contributed by atoms with Crippen LogP contribution in [0.15, 0.2) is 22.6 Å². The van der Waals surface area contributed by atoms with E-state index in [1.165, 1.54) is 7.11 Å². The molecule has 1 heterocycles. The van der Waals surface area contributed by atoms with E-state index in [-0.39, 0.29) is 11.4 Å². The highest BCUT2D eigenvalue weighted by atomic mass is 16.5. The zero-order chi connectivity index (χ0) is 12.4. The van der Waals surface area contributed by atoms with Crippen molar-refractivity contribution in [3.05, 3.63) is 24.0 Å². The van der Waals surface area contributed by atoms with Crippen LogP contribution in [0.2, 0.25) is 0 Å². The number of benzene rings is 1. The number of hydrogen-bond acceptors (Lipinski definition) is 4. The molecule has 0 unspecified atom stereocenters. The van der Waals surface area contributed by atoms with Crippen LogP contribution < -0.4 is 15.8 Å². The average molecular weight is 234 g/mol. The summed E-state index contributed by atoms with van der Waals surface area (Å²) in [6, 6.07) is 4.23. The van der Waals surface area contributed by atoms with Gasteiger partial charge in [-0.05, 0) is 12.1 Å². The number of carbonyl (C=O) groups excluding carboxylic acids is 2. The first-order valence-electron chi connectivity index (χ1n) is 4.78. The quantitative estimate of drug-likeness (QED) is 0.791. The van der Waals surface area contributed by atoms with Crippen LogP contribution in [-0.2, 0) is 0 Å². The molecule has 2 rings (SSSR count). The number of rotatable bonds is 3. The Kier molecular flexibility index (Phi) is 2.70. The Morgan fingerprint density at radius 2 is 2.29 bits per heavy atom. The Bertz CT molecular complexity index is 588. The fraction of sp³-hybridized carbons (Fsp3) is 0.0909. The van der Waals surface area contributed by atoms with Crippen molar-refractivity contribution in [1.29, 1.82) is 0 Å². The summed E-state index contributed by atoms with van der Waals surface area (Å²) in [5.74, 6) is 0.612. The van der Waals surface area contributed by atoms with Crippen molar-refractivity contribution < 1.29 is 18.7 Å². The predicted octanol–water partition coefficient (Wildman–Crippen LogP) is 1.74. The lowest BCUT2D eigenvalue weighted by Crippen LogP contribution is -2.19. The Hall–Kier alpha value is -2.50. The van der Waals surface area contributed by atoms with Crippen molar-refractivity contribution in [3.63, 3.8) is 0 Å². The second kappa shape index (κ2) is 4.17. The molecule has 0 aliphatic carbocycles. The van der Waals surface area contributed by atoms with Crippen molar-refractivity contribution in [1.82, 2.24) is 0 Å². The van der Waals surface area contributed by atoms with Gasteiger partial charge in [-0.3, -0.25) is 4.79 Å². The Morgan fingerprint density at radius 1 is 1.53 bits per heavy atom. The lowest BCUT2D eigenvalue weighted by atomic mass is 10.2. The van der Waals surface area contributed by atoms with E-state index in [0.717, 1.165) is 0 Å². The van der Waals surface area contributed by atoms with E-state index < -0.39 is 6.03 Å². The molecule has 0 saturated heterocycles. The van der Waals surface area contributed by atoms with Crippen molar-refractivity contribution in [2.45, 2.75) is 0 Å². The highest BCUT2D eigenvalue weighted by Gasteiger charge is 2.15. The average Bonchev–Trinajstić information content (AvgIpc) is 2.65. The molecule has 6 nitrogen and oxygen atoms in total. The van der Waals surface area contributed by atoms with E-state index in [9.17, 15) is 9.59 Å². The topological polar surface area (TPSA) is 94.6 Å². The summed E-state index contributed by atoms with van der Waals surface area (Å²) in [4.78, 5) is 21.6. The first-order chi connectivity index (χ1) is 8.15. The number of aldehydes is 1. The molecule has 2 aromatic rings. The predicted molar refractivity (Wildman–Crippen MR) is 61.4 cm³/mol. The molecule has 0 saturated carbocycles. The number of nitrogens with one attached hydrogen (secondary N) is 1. The summed E-state index contributed by atoms with van der Waals surface area (Å²) in [5, 5.41) is 2.95. The minimum absolute atomic E-state index is 0.0204. The lowest BCUT2D eigenvalue weighted by molar-refractivity contribution is 0.110. The zero-order valence-electron chi connectivity index (χ0n) is 9.02. The van der Waals surface area contributed by atoms with Gasteiger partial charge in [0.15, 0.2) is 12.0 Å². The molecule has 88 valence electrons. The summed E-state index contributed by atoms with van der Waals surface area (Å²) < 4.78 is 10.3. The monoisotopic (exact) mass is 234 g/mol. The number of methoxy groups -OCH3 is 1. The minimum Gasteiger partial charge on any atom is -0.497 e. The van der Waals surface area contributed by atoms with E-state index in [1.54, 1.807) is 18.2 Å². The van der Waals surface area contributed by atoms with Crippen LogP contribution in [0, 0.1) is 0 Å². The van der Waals surface area contributed by atoms with Crippen molar-refractivity contribution in [2.24, 2.45) is 5.73 Å². The van der Waals surface area contributed by atoms with Crippen LogP contribution in [0.25, 0.3) is 11.0 Å². The number of primary amides is 1. The molecule has 2 amide bonds. The van der Waals surface area contributed by atoms with Crippen molar-refractivity contribution in [3.8, 4) is 5.75 Å². The van der Waals surface area contributed by atoms with Gasteiger partial charge in [-0.2, -0.15) is 0 Å². The molecule has 3 N–H and O–H groups in total. The normalized spacial score (nSPS) is 10.2. The third-order valence-corrected chi connectivity index (χ3v) is 2.28. The van der Waals surface area contributed by atoms with Crippen LogP contribution in [0.4, 0.5) is 10.5 Å². The highest BCUT2D eigenvalue weighted by molar-refractivity contribution is 6.06. The SMILES string of the molecule is COc1ccc2c(NC(N)=O)c(C=O)oc2c1. The second-order valence-corrected chi connectivity index (χ2v) is 3.31. The molecule has 17 heavy (non-hydrogen) atoms. The number of hydrogen-bond donors (Lipinski definition) is 2. The number of fused-ring (bicyclic) bond motifs is 1. The van der Waals surface area contributed by atoms with Gasteiger partial charge in [-0.1, -0.05) is 0 Å². The number of urea groups is 1. The van der Waals surface area contributed by atoms with Crippen LogP contribution in [0.5, 0.6) is 5.75 Å². The van der Waals surface area contributed by atoms with E-state index >= 15 is 0 Å². The summed E-state index contributed by atoms with van der Waals surface area (Å²) in [6.45, 7) is 0. The number of anilines is 1. The molecule has 6 heteroatoms. The fourth-order valence-corrected chi connectivity index (χ4v) is 1.56. The largest absolute Gasteiger partial charge is 0.497 e. The third-order valence-electron chi connectivity index (χ3n) is 2.28. The summed E-state index contributed by atoms with van der Waals surface area (Å²) in [5.41, 5.74) is 5.73. The highest BCUT2D eigenvalue weighted by Crippen LogP contribution is 2.32. The summed E-state index contributed by atoms with van der Waals surface area (Å²) >= 11 is 0. The van der Waals surface area contributed by atoms with Gasteiger partial charge >= 0.3 is 6.03 Å². The van der Waals surface area contributed by atoms with Gasteiger partial charge < -0.3 is 20.2 Å². The number of carbonyl (C=O) groups is 2. The van der Waals surface area contributed by atoms with Crippen LogP contribution >= 0.6 is 0 Å². The van der Waals surface area contributed by atoms with Crippen LogP contribution in [0.3, 0.4) is 0 Å². The van der Waals surface area contributed by atoms with Gasteiger partial charge in [0.05, 0.1) is 7.11 Å². The van der Waals surface area contributed by atoms with Gasteiger partial charge in [-0.15, -0.1) is 0 Å². The standard InChI is InChI=1S/C11H10N2O4/c1-16-6-2-3-7-8(4-6)17-9(5-14)10(7)13-11(12)15/h2-5H,1H3,(H3,12,13,15). The van der Waals surface area contributed by atoms with E-state index in [0.29, 0.717) is 23.0 Å². The third kappa shape index (κ3) is 1.92. The van der Waals surface area contributed by atoms with Crippen LogP contribution in [0.1, 0.15) is 10.6 Å². The Labute approximate surface area is 96.3 Å². The second-order valence-electron chi connectivity index (χ2n) is 3.31. The number of nitrogens with two attached hydrogens (primary N) is 1. The molecule has 0 spiro atoms. The molecule has 0 aliphatic rings. The van der Waals surface area contributed by atoms with Gasteiger partial charge in [-0.25, -0.2) is 4.79 Å². The van der Waals surface area contributed by atoms with Crippen LogP contribution in [-0.4, -0.2) is 19.4 Å². The molecule has 0 fully saturated rings. The van der Waals surface area contributed by atoms with Crippen molar-refractivity contribution >= 4 is 29.0 Å². The zero-order valence-corrected chi connectivity index (χ0v) is 9.02. The molecular formula is C11H10N2O4. The maximum absolute atomic E-state index is 10.8. The van der Waals surface area contributed by atoms with E-state index in [1.807, 2.05) is 0 Å². The number of ether oxygens (including phenoxy) is 1. The number of furan rings is 1. The molecule has 1 aromatic heterocycles. The molecule has 1 aromatic carbocycles. The Balaban J connectivity index is 2.63. The smallest absolute Gasteiger partial charge is 0.316 e. The van der Waals surface area contributed by atoms with Gasteiger partial charge in [0.2, 0.25) is 0 Å². The van der Waals surface area contributed by atoms with Gasteiger partial charge in [0, 0.05) is 11.5 Å². The molecular weight excluding hydrogens is 224 g/mol. The molecule has 0 radical (unpaired) electrons.